The number of para-hydroxylation sites is 2. The van der Waals surface area contributed by atoms with Crippen LogP contribution in [-0.2, 0) is 32.5 Å². The molecule has 0 atom stereocenters. The number of benzene rings is 13. The van der Waals surface area contributed by atoms with Gasteiger partial charge in [0, 0.05) is 61.5 Å². The van der Waals surface area contributed by atoms with Gasteiger partial charge in [0.1, 0.15) is 23.0 Å². The van der Waals surface area contributed by atoms with Crippen LogP contribution in [0.1, 0.15) is 153 Å². The summed E-state index contributed by atoms with van der Waals surface area (Å²) in [5.74, 6) is 3.43. The molecule has 13 aromatic rings. The van der Waals surface area contributed by atoms with Gasteiger partial charge in [-0.25, -0.2) is 0 Å². The molecule has 0 aliphatic carbocycles. The summed E-state index contributed by atoms with van der Waals surface area (Å²) in [5.41, 5.74) is 29.8. The molecule has 0 saturated carbocycles. The van der Waals surface area contributed by atoms with Crippen molar-refractivity contribution in [1.82, 2.24) is 0 Å². The quantitative estimate of drug-likeness (QED) is 0.142. The molecule has 0 radical (unpaired) electrons. The Bertz CT molecular complexity index is 5470. The standard InChI is InChI=1S/C98H89BN2O2/c1-93(2,3)68-44-38-63(39-45-68)74-58-72(95(7,8)9)48-52-82(74)100-84-51-43-65(62-28-18-15-19-29-62)54-80(84)99-81-61-91-79(97(13,14)76-34-24-26-36-88(76)102-91)60-85(81)101(83-53-49-73(96(10,11)12)59-75(83)64-40-46-69(47-41-64)94(4,5)6)87-56-67(55-86(100)92(87)99)66-42-50-78-90(57-66)103-89-37-27-25-35-77(89)98(78,70-30-20-16-21-31-70)71-32-22-17-23-33-71/h15-61H,1-14H3. The Morgan fingerprint density at radius 3 is 1.19 bits per heavy atom. The minimum absolute atomic E-state index is 0.0322. The zero-order chi connectivity index (χ0) is 71.3. The molecule has 17 rings (SSSR count). The fraction of sp³-hybridized carbons (Fsp3) is 0.204. The molecule has 13 aromatic carbocycles. The van der Waals surface area contributed by atoms with Crippen LogP contribution in [0.2, 0.25) is 0 Å². The first-order chi connectivity index (χ1) is 49.3. The number of ether oxygens (including phenoxy) is 2. The second-order valence-corrected chi connectivity index (χ2v) is 33.7. The fourth-order valence-electron chi connectivity index (χ4n) is 17.0. The van der Waals surface area contributed by atoms with Gasteiger partial charge in [0.2, 0.25) is 0 Å². The first-order valence-corrected chi connectivity index (χ1v) is 36.8. The summed E-state index contributed by atoms with van der Waals surface area (Å²) >= 11 is 0. The van der Waals surface area contributed by atoms with Crippen LogP contribution >= 0.6 is 0 Å². The van der Waals surface area contributed by atoms with Gasteiger partial charge in [-0.2, -0.15) is 0 Å². The largest absolute Gasteiger partial charge is 0.457 e. The lowest BCUT2D eigenvalue weighted by molar-refractivity contribution is 0.418. The van der Waals surface area contributed by atoms with Crippen LogP contribution in [0.5, 0.6) is 23.0 Å². The Hall–Kier alpha value is -10.9. The number of rotatable bonds is 8. The van der Waals surface area contributed by atoms with Crippen molar-refractivity contribution in [2.24, 2.45) is 0 Å². The predicted octanol–water partition coefficient (Wildman–Crippen LogP) is 24.5. The molecule has 103 heavy (non-hydrogen) atoms. The van der Waals surface area contributed by atoms with Gasteiger partial charge < -0.3 is 19.3 Å². The summed E-state index contributed by atoms with van der Waals surface area (Å²) in [7, 11) is 0. The third kappa shape index (κ3) is 10.8. The number of hydrogen-bond donors (Lipinski definition) is 0. The van der Waals surface area contributed by atoms with Gasteiger partial charge in [0.15, 0.2) is 0 Å². The molecule has 0 unspecified atom stereocenters. The SMILES string of the molecule is CC(C)(C)c1ccc(-c2cc(C(C)(C)C)ccc2N2c3ccc(-c4ccccc4)cc3B3c4cc5c(cc4N(c4ccc(C(C)(C)C)cc4-c4ccc(C(C)(C)C)cc4)c4cc(-c6ccc7c(c6)Oc6ccccc6C7(c6ccccc6)c6ccccc6)cc2c43)C(C)(C)c2ccccc2O5)cc1. The van der Waals surface area contributed by atoms with Crippen LogP contribution in [-0.4, -0.2) is 6.71 Å². The lowest BCUT2D eigenvalue weighted by Crippen LogP contribution is -2.61. The Morgan fingerprint density at radius 1 is 0.272 bits per heavy atom. The maximum atomic E-state index is 7.39. The monoisotopic (exact) mass is 1340 g/mol. The van der Waals surface area contributed by atoms with Gasteiger partial charge in [-0.15, -0.1) is 0 Å². The summed E-state index contributed by atoms with van der Waals surface area (Å²) in [6.07, 6.45) is 0. The lowest BCUT2D eigenvalue weighted by atomic mass is 9.33. The van der Waals surface area contributed by atoms with Crippen molar-refractivity contribution in [3.8, 4) is 67.5 Å². The topological polar surface area (TPSA) is 24.9 Å². The molecule has 4 heterocycles. The molecule has 4 aliphatic heterocycles. The van der Waals surface area contributed by atoms with Crippen molar-refractivity contribution < 1.29 is 9.47 Å². The second kappa shape index (κ2) is 23.9. The van der Waals surface area contributed by atoms with Gasteiger partial charge in [-0.3, -0.25) is 0 Å². The average molecular weight is 1340 g/mol. The lowest BCUT2D eigenvalue weighted by Gasteiger charge is -2.46. The zero-order valence-corrected chi connectivity index (χ0v) is 61.9. The van der Waals surface area contributed by atoms with Gasteiger partial charge in [0.05, 0.1) is 16.8 Å². The molecule has 0 fully saturated rings. The minimum Gasteiger partial charge on any atom is -0.457 e. The summed E-state index contributed by atoms with van der Waals surface area (Å²) in [4.78, 5) is 5.29. The van der Waals surface area contributed by atoms with E-state index in [0.29, 0.717) is 0 Å². The summed E-state index contributed by atoms with van der Waals surface area (Å²) in [5, 5.41) is 0. The third-order valence-electron chi connectivity index (χ3n) is 22.7. The smallest absolute Gasteiger partial charge is 0.252 e. The van der Waals surface area contributed by atoms with Crippen LogP contribution < -0.4 is 35.7 Å². The van der Waals surface area contributed by atoms with Crippen molar-refractivity contribution in [3.05, 3.63) is 341 Å². The first kappa shape index (κ1) is 65.4. The Balaban J connectivity index is 1.02. The van der Waals surface area contributed by atoms with E-state index < -0.39 is 10.8 Å². The van der Waals surface area contributed by atoms with Gasteiger partial charge in [-0.1, -0.05) is 309 Å². The molecular weight excluding hydrogens is 1250 g/mol. The summed E-state index contributed by atoms with van der Waals surface area (Å²) in [6, 6.07) is 108. The van der Waals surface area contributed by atoms with E-state index in [1.807, 2.05) is 0 Å². The first-order valence-electron chi connectivity index (χ1n) is 36.8. The summed E-state index contributed by atoms with van der Waals surface area (Å²) < 4.78 is 14.7. The molecule has 4 nitrogen and oxygen atoms in total. The number of anilines is 6. The van der Waals surface area contributed by atoms with Crippen LogP contribution in [0.3, 0.4) is 0 Å². The highest BCUT2D eigenvalue weighted by Crippen LogP contribution is 2.58. The average Bonchev–Trinajstić information content (AvgIpc) is 0.693. The molecule has 0 saturated heterocycles. The van der Waals surface area contributed by atoms with Crippen molar-refractivity contribution in [3.63, 3.8) is 0 Å². The Labute approximate surface area is 610 Å². The van der Waals surface area contributed by atoms with E-state index >= 15 is 0 Å². The molecule has 506 valence electrons. The van der Waals surface area contributed by atoms with Crippen molar-refractivity contribution in [2.45, 2.75) is 129 Å². The highest BCUT2D eigenvalue weighted by Gasteiger charge is 2.49. The van der Waals surface area contributed by atoms with Crippen LogP contribution in [0.25, 0.3) is 44.5 Å². The number of hydrogen-bond acceptors (Lipinski definition) is 4. The van der Waals surface area contributed by atoms with E-state index in [0.717, 1.165) is 118 Å². The second-order valence-electron chi connectivity index (χ2n) is 33.7. The molecule has 0 bridgehead atoms. The zero-order valence-electron chi connectivity index (χ0n) is 61.9. The van der Waals surface area contributed by atoms with Crippen molar-refractivity contribution >= 4 is 57.2 Å². The maximum Gasteiger partial charge on any atom is 0.252 e. The number of fused-ring (bicyclic) bond motifs is 8. The van der Waals surface area contributed by atoms with Crippen LogP contribution in [0.15, 0.2) is 285 Å². The van der Waals surface area contributed by atoms with E-state index in [2.05, 4.69) is 392 Å². The molecule has 0 amide bonds. The fourth-order valence-corrected chi connectivity index (χ4v) is 17.0. The van der Waals surface area contributed by atoms with E-state index in [1.165, 1.54) is 55.3 Å². The molecule has 0 spiro atoms. The number of nitrogens with zero attached hydrogens (tertiary/aromatic N) is 2. The highest BCUT2D eigenvalue weighted by atomic mass is 16.5. The predicted molar refractivity (Wildman–Crippen MR) is 434 cm³/mol. The Morgan fingerprint density at radius 2 is 0.670 bits per heavy atom. The van der Waals surface area contributed by atoms with E-state index in [1.54, 1.807) is 0 Å². The maximum absolute atomic E-state index is 7.39. The molecule has 5 heteroatoms. The van der Waals surface area contributed by atoms with E-state index in [4.69, 9.17) is 9.47 Å². The van der Waals surface area contributed by atoms with Crippen molar-refractivity contribution in [1.29, 1.82) is 0 Å². The van der Waals surface area contributed by atoms with Crippen molar-refractivity contribution in [2.75, 3.05) is 9.80 Å². The summed E-state index contributed by atoms with van der Waals surface area (Å²) in [6.45, 7) is 32.3. The third-order valence-corrected chi connectivity index (χ3v) is 22.7. The Kier molecular flexibility index (Phi) is 15.2. The molecule has 4 aliphatic rings. The van der Waals surface area contributed by atoms with E-state index in [9.17, 15) is 0 Å². The van der Waals surface area contributed by atoms with Gasteiger partial charge in [0.25, 0.3) is 6.71 Å². The minimum atomic E-state index is -0.696. The van der Waals surface area contributed by atoms with Crippen LogP contribution in [0, 0.1) is 0 Å². The van der Waals surface area contributed by atoms with Gasteiger partial charge >= 0.3 is 0 Å². The van der Waals surface area contributed by atoms with Crippen LogP contribution in [0.4, 0.5) is 34.1 Å². The highest BCUT2D eigenvalue weighted by molar-refractivity contribution is 7.00. The normalized spacial score (nSPS) is 14.6. The molecule has 0 aromatic heterocycles. The van der Waals surface area contributed by atoms with Gasteiger partial charge in [-0.05, 0) is 178 Å². The molecule has 0 N–H and O–H groups in total. The molecular formula is C98H89BN2O2. The van der Waals surface area contributed by atoms with E-state index in [-0.39, 0.29) is 28.4 Å².